The molecule has 0 aliphatic heterocycles. The van der Waals surface area contributed by atoms with Crippen molar-refractivity contribution in [2.75, 3.05) is 0 Å². The summed E-state index contributed by atoms with van der Waals surface area (Å²) in [6.07, 6.45) is 0. The molecule has 0 aromatic heterocycles. The van der Waals surface area contributed by atoms with Gasteiger partial charge in [0.1, 0.15) is 0 Å². The van der Waals surface area contributed by atoms with Crippen LogP contribution in [0.2, 0.25) is 147 Å². The first-order valence-corrected chi connectivity index (χ1v) is 40.9. The van der Waals surface area contributed by atoms with Gasteiger partial charge in [0.05, 0.1) is 0 Å². The molecular weight excluding hydrogens is 669 g/mol. The average molecular weight is 735 g/mol. The first-order valence-electron chi connectivity index (χ1n) is 13.0. The van der Waals surface area contributed by atoms with Crippen molar-refractivity contribution in [3.8, 4) is 0 Å². The Morgan fingerprint density at radius 1 is 0.324 bits per heavy atom. The maximum atomic E-state index is 2.62. The molecule has 0 aromatic carbocycles. The third-order valence-electron chi connectivity index (χ3n) is 7.96. The van der Waals surface area contributed by atoms with E-state index < -0.39 is 48.4 Å². The molecule has 0 aromatic rings. The van der Waals surface area contributed by atoms with E-state index in [9.17, 15) is 0 Å². The third kappa shape index (κ3) is 10.4. The summed E-state index contributed by atoms with van der Waals surface area (Å²) in [6.45, 7) is 47.2. The van der Waals surface area contributed by atoms with Crippen molar-refractivity contribution in [2.24, 2.45) is 0 Å². The van der Waals surface area contributed by atoms with E-state index in [1.165, 1.54) is 0 Å². The van der Waals surface area contributed by atoms with Crippen molar-refractivity contribution in [3.63, 3.8) is 0 Å². The van der Waals surface area contributed by atoms with Gasteiger partial charge >= 0.3 is 43.7 Å². The van der Waals surface area contributed by atoms with E-state index in [1.807, 2.05) is 11.6 Å². The first kappa shape index (κ1) is 44.4. The number of hydrogen-bond acceptors (Lipinski definition) is 0. The molecule has 0 rings (SSSR count). The molecule has 0 amide bonds. The van der Waals surface area contributed by atoms with Crippen LogP contribution >= 0.6 is 0 Å². The standard InChI is InChI=1S/2C10H27Si3.2CH3Se.2CH3.2Al/c2*1-11(2,3)10(12(4,5)6)13(7,8)9;2*1-2;;;;/h2*1-9H3;2*1H3;2*1H3;;. The van der Waals surface area contributed by atoms with E-state index in [0.29, 0.717) is 30.4 Å². The minimum Gasteiger partial charge on any atom is -0.115 e. The van der Waals surface area contributed by atoms with Crippen LogP contribution in [0.3, 0.4) is 0 Å². The molecule has 34 heavy (non-hydrogen) atoms. The molecule has 4 radical (unpaired) electrons. The minimum atomic E-state index is -1.05. The Balaban J connectivity index is -0.000000230. The van der Waals surface area contributed by atoms with Crippen molar-refractivity contribution >= 4 is 111 Å². The summed E-state index contributed by atoms with van der Waals surface area (Å²) in [5.74, 6) is 8.82. The normalized spacial score (nSPS) is 13.9. The summed E-state index contributed by atoms with van der Waals surface area (Å²) in [6, 6.07) is 0. The summed E-state index contributed by atoms with van der Waals surface area (Å²) in [5, 5.41) is 0. The van der Waals surface area contributed by atoms with Gasteiger partial charge in [-0.05, 0) is 0 Å². The molecule has 0 atom stereocenters. The predicted molar refractivity (Wildman–Crippen MR) is 192 cm³/mol. The Hall–Kier alpha value is 3.41. The van der Waals surface area contributed by atoms with E-state index >= 15 is 0 Å². The summed E-state index contributed by atoms with van der Waals surface area (Å²) in [5.41, 5.74) is 0. The van der Waals surface area contributed by atoms with Gasteiger partial charge in [0.15, 0.2) is 30.4 Å². The van der Waals surface area contributed by atoms with Crippen molar-refractivity contribution in [1.29, 1.82) is 0 Å². The second kappa shape index (κ2) is 16.0. The molecule has 0 aliphatic carbocycles. The fourth-order valence-electron chi connectivity index (χ4n) is 9.35. The molecule has 0 N–H and O–H groups in total. The van der Waals surface area contributed by atoms with Crippen molar-refractivity contribution < 1.29 is 0 Å². The molecule has 0 nitrogen and oxygen atoms in total. The van der Waals surface area contributed by atoms with Crippen LogP contribution in [0.5, 0.6) is 0 Å². The van der Waals surface area contributed by atoms with Crippen LogP contribution in [0.25, 0.3) is 0 Å². The van der Waals surface area contributed by atoms with Gasteiger partial charge in [0.2, 0.25) is 0 Å². The van der Waals surface area contributed by atoms with Crippen molar-refractivity contribution in [3.05, 3.63) is 0 Å². The molecule has 0 saturated carbocycles. The molecule has 0 fully saturated rings. The summed E-state index contributed by atoms with van der Waals surface area (Å²) in [7, 11) is -6.28. The van der Waals surface area contributed by atoms with E-state index in [-0.39, 0.29) is 0 Å². The summed E-state index contributed by atoms with van der Waals surface area (Å²) >= 11 is 6.50. The first-order chi connectivity index (χ1) is 14.6. The number of hydrogen-bond donors (Lipinski definition) is 0. The van der Waals surface area contributed by atoms with Crippen LogP contribution < -0.4 is 0 Å². The van der Waals surface area contributed by atoms with Gasteiger partial charge in [-0.3, -0.25) is 0 Å². The van der Waals surface area contributed by atoms with Crippen LogP contribution in [-0.4, -0.2) is 111 Å². The van der Waals surface area contributed by atoms with Crippen LogP contribution in [0, 0.1) is 0 Å². The monoisotopic (exact) mass is 736 g/mol. The summed E-state index contributed by atoms with van der Waals surface area (Å²) < 4.78 is 1.71. The smallest absolute Gasteiger partial charge is 0.115 e. The van der Waals surface area contributed by atoms with Gasteiger partial charge in [-0.1, -0.05) is 124 Å². The molecular formula is C24H66Al2Se2Si6. The average Bonchev–Trinajstić information content (AvgIpc) is 2.52. The molecule has 0 heterocycles. The molecule has 0 spiro atoms. The Labute approximate surface area is 255 Å². The SMILES string of the molecule is C[Se].C[Se].[CH3][Al][C]([Si](C)(C)C)([Si](C)(C)C)[Si](C)(C)C.[CH3][Al][C]([Si](C)(C)C)([Si](C)(C)C)[Si](C)(C)C. The molecule has 0 bridgehead atoms. The van der Waals surface area contributed by atoms with Crippen LogP contribution in [0.1, 0.15) is 0 Å². The third-order valence-corrected chi connectivity index (χ3v) is 71.7. The van der Waals surface area contributed by atoms with E-state index in [2.05, 4.69) is 161 Å². The topological polar surface area (TPSA) is 0 Å². The molecule has 0 unspecified atom stereocenters. The largest absolute Gasteiger partial charge is 0.194 e. The Kier molecular flexibility index (Phi) is 20.9. The zero-order chi connectivity index (χ0) is 29.4. The van der Waals surface area contributed by atoms with Gasteiger partial charge < -0.3 is 0 Å². The molecule has 0 saturated heterocycles. The number of rotatable bonds is 8. The van der Waals surface area contributed by atoms with E-state index in [4.69, 9.17) is 0 Å². The Morgan fingerprint density at radius 3 is 0.412 bits per heavy atom. The Morgan fingerprint density at radius 2 is 0.412 bits per heavy atom. The van der Waals surface area contributed by atoms with Crippen molar-refractivity contribution in [1.82, 2.24) is 0 Å². The van der Waals surface area contributed by atoms with Gasteiger partial charge in [-0.2, -0.15) is 0 Å². The maximum absolute atomic E-state index is 2.62. The molecule has 204 valence electrons. The van der Waals surface area contributed by atoms with Gasteiger partial charge in [-0.15, -0.1) is 11.6 Å². The fraction of sp³-hybridized carbons (Fsp3) is 1.00. The fourth-order valence-corrected chi connectivity index (χ4v) is 84.1. The minimum absolute atomic E-state index is 0.626. The van der Waals surface area contributed by atoms with E-state index in [0.717, 1.165) is 6.29 Å². The molecule has 10 heteroatoms. The van der Waals surface area contributed by atoms with E-state index in [1.54, 1.807) is 0 Å². The van der Waals surface area contributed by atoms with Gasteiger partial charge in [0, 0.05) is 48.4 Å². The molecule has 0 aliphatic rings. The Bertz CT molecular complexity index is 425. The maximum Gasteiger partial charge on any atom is 0.194 e. The van der Waals surface area contributed by atoms with Gasteiger partial charge in [-0.25, -0.2) is 0 Å². The van der Waals surface area contributed by atoms with Crippen molar-refractivity contribution in [2.45, 2.75) is 147 Å². The zero-order valence-corrected chi connectivity index (χ0v) is 39.7. The second-order valence-electron chi connectivity index (χ2n) is 15.7. The van der Waals surface area contributed by atoms with Crippen LogP contribution in [-0.2, 0) is 0 Å². The summed E-state index contributed by atoms with van der Waals surface area (Å²) in [4.78, 5) is 0. The van der Waals surface area contributed by atoms with Gasteiger partial charge in [0.25, 0.3) is 0 Å². The zero-order valence-electron chi connectivity index (χ0n) is 28.0. The predicted octanol–water partition coefficient (Wildman–Crippen LogP) is 9.47. The van der Waals surface area contributed by atoms with Crippen LogP contribution in [0.15, 0.2) is 0 Å². The second-order valence-corrected chi connectivity index (χ2v) is 56.8. The van der Waals surface area contributed by atoms with Crippen LogP contribution in [0.4, 0.5) is 0 Å². The quantitative estimate of drug-likeness (QED) is 0.218.